The summed E-state index contributed by atoms with van der Waals surface area (Å²) in [5.41, 5.74) is 0.571. The first-order valence-electron chi connectivity index (χ1n) is 6.91. The van der Waals surface area contributed by atoms with Gasteiger partial charge in [-0.15, -0.1) is 0 Å². The number of benzene rings is 1. The van der Waals surface area contributed by atoms with Crippen molar-refractivity contribution in [2.24, 2.45) is 0 Å². The Bertz CT molecular complexity index is 434. The van der Waals surface area contributed by atoms with Crippen molar-refractivity contribution in [3.63, 3.8) is 0 Å². The monoisotopic (exact) mass is 285 g/mol. The van der Waals surface area contributed by atoms with Crippen LogP contribution in [-0.4, -0.2) is 25.4 Å². The summed E-state index contributed by atoms with van der Waals surface area (Å²) in [6.07, 6.45) is 2.08. The van der Waals surface area contributed by atoms with Gasteiger partial charge in [-0.1, -0.05) is 18.2 Å². The van der Waals surface area contributed by atoms with Gasteiger partial charge in [-0.25, -0.2) is 0 Å². The summed E-state index contributed by atoms with van der Waals surface area (Å²) in [5.74, 6) is 0.222. The van der Waals surface area contributed by atoms with Gasteiger partial charge in [-0.3, -0.25) is 0 Å². The summed E-state index contributed by atoms with van der Waals surface area (Å²) < 4.78 is 35.1. The van der Waals surface area contributed by atoms with Crippen LogP contribution in [0.15, 0.2) is 24.3 Å². The number of alkyl halides is 2. The molecule has 0 bridgehead atoms. The Hall–Kier alpha value is -1.20. The number of rotatable bonds is 6. The fourth-order valence-corrected chi connectivity index (χ4v) is 2.50. The van der Waals surface area contributed by atoms with Crippen molar-refractivity contribution in [2.45, 2.75) is 44.9 Å². The molecule has 1 aliphatic rings. The Kier molecular flexibility index (Phi) is 4.94. The van der Waals surface area contributed by atoms with Crippen LogP contribution in [0.1, 0.15) is 38.3 Å². The molecule has 0 spiro atoms. The van der Waals surface area contributed by atoms with E-state index in [2.05, 4.69) is 17.0 Å². The highest BCUT2D eigenvalue weighted by Crippen LogP contribution is 2.28. The van der Waals surface area contributed by atoms with Gasteiger partial charge in [0.2, 0.25) is 0 Å². The Labute approximate surface area is 118 Å². The van der Waals surface area contributed by atoms with Crippen molar-refractivity contribution in [3.8, 4) is 5.75 Å². The lowest BCUT2D eigenvalue weighted by molar-refractivity contribution is -0.0507. The van der Waals surface area contributed by atoms with Crippen LogP contribution in [0.2, 0.25) is 0 Å². The SMILES string of the molecule is CC(NCC1(C)CCCO1)c1ccccc1OC(F)F. The molecule has 2 unspecified atom stereocenters. The molecule has 1 aromatic rings. The van der Waals surface area contributed by atoms with E-state index in [0.29, 0.717) is 6.54 Å². The van der Waals surface area contributed by atoms with Gasteiger partial charge in [0.15, 0.2) is 0 Å². The van der Waals surface area contributed by atoms with E-state index in [1.165, 1.54) is 0 Å². The van der Waals surface area contributed by atoms with Gasteiger partial charge in [-0.2, -0.15) is 8.78 Å². The van der Waals surface area contributed by atoms with Crippen molar-refractivity contribution in [3.05, 3.63) is 29.8 Å². The average Bonchev–Trinajstić information content (AvgIpc) is 2.83. The van der Waals surface area contributed by atoms with Gasteiger partial charge in [0.05, 0.1) is 5.60 Å². The van der Waals surface area contributed by atoms with Gasteiger partial charge in [0.1, 0.15) is 5.75 Å². The topological polar surface area (TPSA) is 30.5 Å². The zero-order valence-corrected chi connectivity index (χ0v) is 11.9. The smallest absolute Gasteiger partial charge is 0.387 e. The van der Waals surface area contributed by atoms with E-state index in [-0.39, 0.29) is 17.4 Å². The number of hydrogen-bond donors (Lipinski definition) is 1. The first-order chi connectivity index (χ1) is 9.50. The maximum Gasteiger partial charge on any atom is 0.387 e. The molecular formula is C15H21F2NO2. The van der Waals surface area contributed by atoms with Gasteiger partial charge in [0, 0.05) is 24.8 Å². The summed E-state index contributed by atoms with van der Waals surface area (Å²) in [6, 6.07) is 6.79. The largest absolute Gasteiger partial charge is 0.434 e. The number of ether oxygens (including phenoxy) is 2. The molecule has 20 heavy (non-hydrogen) atoms. The van der Waals surface area contributed by atoms with Crippen LogP contribution >= 0.6 is 0 Å². The highest BCUT2D eigenvalue weighted by Gasteiger charge is 2.30. The van der Waals surface area contributed by atoms with Crippen LogP contribution in [0.3, 0.4) is 0 Å². The van der Waals surface area contributed by atoms with E-state index in [1.807, 2.05) is 13.0 Å². The molecule has 0 radical (unpaired) electrons. The van der Waals surface area contributed by atoms with Gasteiger partial charge in [0.25, 0.3) is 0 Å². The highest BCUT2D eigenvalue weighted by molar-refractivity contribution is 5.35. The number of halogens is 2. The quantitative estimate of drug-likeness (QED) is 0.867. The molecule has 1 fully saturated rings. The molecule has 0 aliphatic carbocycles. The van der Waals surface area contributed by atoms with Crippen LogP contribution in [0.4, 0.5) is 8.78 Å². The first kappa shape index (κ1) is 15.2. The molecule has 1 saturated heterocycles. The standard InChI is InChI=1S/C15H21F2NO2/c1-11(18-10-15(2)8-5-9-19-15)12-6-3-4-7-13(12)20-14(16)17/h3-4,6-7,11,14,18H,5,8-10H2,1-2H3. The minimum absolute atomic E-state index is 0.0778. The molecule has 0 amide bonds. The van der Waals surface area contributed by atoms with E-state index < -0.39 is 6.61 Å². The molecule has 112 valence electrons. The maximum absolute atomic E-state index is 12.4. The van der Waals surface area contributed by atoms with E-state index >= 15 is 0 Å². The van der Waals surface area contributed by atoms with Crippen molar-refractivity contribution in [1.82, 2.24) is 5.32 Å². The summed E-state index contributed by atoms with van der Waals surface area (Å²) in [5, 5.41) is 3.35. The first-order valence-corrected chi connectivity index (χ1v) is 6.91. The van der Waals surface area contributed by atoms with E-state index in [0.717, 1.165) is 25.0 Å². The molecule has 3 nitrogen and oxygen atoms in total. The second kappa shape index (κ2) is 6.50. The van der Waals surface area contributed by atoms with Crippen LogP contribution in [0, 0.1) is 0 Å². The second-order valence-electron chi connectivity index (χ2n) is 5.42. The van der Waals surface area contributed by atoms with Crippen molar-refractivity contribution < 1.29 is 18.3 Å². The predicted octanol–water partition coefficient (Wildman–Crippen LogP) is 3.51. The molecule has 1 N–H and O–H groups in total. The van der Waals surface area contributed by atoms with Crippen LogP contribution in [-0.2, 0) is 4.74 Å². The van der Waals surface area contributed by atoms with Crippen LogP contribution < -0.4 is 10.1 Å². The van der Waals surface area contributed by atoms with Crippen molar-refractivity contribution in [1.29, 1.82) is 0 Å². The number of para-hydroxylation sites is 1. The van der Waals surface area contributed by atoms with Crippen molar-refractivity contribution in [2.75, 3.05) is 13.2 Å². The van der Waals surface area contributed by atoms with Gasteiger partial charge >= 0.3 is 6.61 Å². The van der Waals surface area contributed by atoms with E-state index in [1.54, 1.807) is 18.2 Å². The molecule has 1 aromatic carbocycles. The fourth-order valence-electron chi connectivity index (χ4n) is 2.50. The average molecular weight is 285 g/mol. The lowest BCUT2D eigenvalue weighted by Gasteiger charge is -2.26. The highest BCUT2D eigenvalue weighted by atomic mass is 19.3. The van der Waals surface area contributed by atoms with Gasteiger partial charge < -0.3 is 14.8 Å². The minimum Gasteiger partial charge on any atom is -0.434 e. The summed E-state index contributed by atoms with van der Waals surface area (Å²) in [4.78, 5) is 0. The number of hydrogen-bond acceptors (Lipinski definition) is 3. The van der Waals surface area contributed by atoms with E-state index in [9.17, 15) is 8.78 Å². The predicted molar refractivity (Wildman–Crippen MR) is 73.1 cm³/mol. The third-order valence-electron chi connectivity index (χ3n) is 3.68. The second-order valence-corrected chi connectivity index (χ2v) is 5.42. The molecule has 0 saturated carbocycles. The Morgan fingerprint density at radius 1 is 1.40 bits per heavy atom. The summed E-state index contributed by atoms with van der Waals surface area (Å²) in [7, 11) is 0. The molecule has 1 heterocycles. The summed E-state index contributed by atoms with van der Waals surface area (Å²) >= 11 is 0. The zero-order chi connectivity index (χ0) is 14.6. The summed E-state index contributed by atoms with van der Waals surface area (Å²) in [6.45, 7) is 2.68. The maximum atomic E-state index is 12.4. The van der Waals surface area contributed by atoms with Crippen LogP contribution in [0.5, 0.6) is 5.75 Å². The molecule has 0 aromatic heterocycles. The number of nitrogens with one attached hydrogen (secondary N) is 1. The normalized spacial score (nSPS) is 24.1. The Morgan fingerprint density at radius 2 is 2.15 bits per heavy atom. The van der Waals surface area contributed by atoms with Gasteiger partial charge in [-0.05, 0) is 32.8 Å². The zero-order valence-electron chi connectivity index (χ0n) is 11.9. The molecule has 1 aliphatic heterocycles. The lowest BCUT2D eigenvalue weighted by atomic mass is 10.0. The third kappa shape index (κ3) is 3.90. The molecule has 2 rings (SSSR count). The van der Waals surface area contributed by atoms with Crippen molar-refractivity contribution >= 4 is 0 Å². The van der Waals surface area contributed by atoms with Crippen LogP contribution in [0.25, 0.3) is 0 Å². The Balaban J connectivity index is 1.99. The molecule has 2 atom stereocenters. The molecular weight excluding hydrogens is 264 g/mol. The lowest BCUT2D eigenvalue weighted by Crippen LogP contribution is -2.38. The molecule has 5 heteroatoms. The third-order valence-corrected chi connectivity index (χ3v) is 3.68. The fraction of sp³-hybridized carbons (Fsp3) is 0.600. The minimum atomic E-state index is -2.81. The Morgan fingerprint density at radius 3 is 2.80 bits per heavy atom. The van der Waals surface area contributed by atoms with E-state index in [4.69, 9.17) is 4.74 Å².